The number of fused-ring (bicyclic) bond motifs is 1. The first kappa shape index (κ1) is 32.8. The lowest BCUT2D eigenvalue weighted by Gasteiger charge is -2.43. The van der Waals surface area contributed by atoms with Gasteiger partial charge in [0.15, 0.2) is 0 Å². The SMILES string of the molecule is CCc1ccccc1.CN=C[C@H](CC(=O)O)NC(=O)[C@@H]1CCCN2C(=O)CC[C@H](NC(=O)c3ccc(OC)cc3)C(=O)N12. The van der Waals surface area contributed by atoms with Crippen molar-refractivity contribution in [3.63, 3.8) is 0 Å². The predicted molar refractivity (Wildman–Crippen MR) is 159 cm³/mol. The van der Waals surface area contributed by atoms with Crippen LogP contribution in [0.25, 0.3) is 0 Å². The molecule has 0 spiro atoms. The number of ether oxygens (including phenoxy) is 1. The van der Waals surface area contributed by atoms with Crippen LogP contribution in [0.3, 0.4) is 0 Å². The van der Waals surface area contributed by atoms with E-state index in [1.807, 2.05) is 6.07 Å². The van der Waals surface area contributed by atoms with E-state index in [9.17, 15) is 24.0 Å². The average Bonchev–Trinajstić information content (AvgIpc) is 3.13. The summed E-state index contributed by atoms with van der Waals surface area (Å²) in [5.41, 5.74) is 1.72. The number of carbonyl (C=O) groups is 5. The lowest BCUT2D eigenvalue weighted by Crippen LogP contribution is -2.64. The molecule has 0 aromatic heterocycles. The summed E-state index contributed by atoms with van der Waals surface area (Å²) < 4.78 is 5.09. The van der Waals surface area contributed by atoms with Crippen LogP contribution in [-0.2, 0) is 25.6 Å². The highest BCUT2D eigenvalue weighted by Gasteiger charge is 2.44. The summed E-state index contributed by atoms with van der Waals surface area (Å²) in [5.74, 6) is -2.53. The Kier molecular flexibility index (Phi) is 12.2. The largest absolute Gasteiger partial charge is 0.497 e. The van der Waals surface area contributed by atoms with E-state index in [1.54, 1.807) is 24.3 Å². The van der Waals surface area contributed by atoms with Gasteiger partial charge in [-0.05, 0) is 55.5 Å². The molecule has 4 amide bonds. The lowest BCUT2D eigenvalue weighted by atomic mass is 10.0. The second-order valence-electron chi connectivity index (χ2n) is 10.1. The van der Waals surface area contributed by atoms with E-state index in [4.69, 9.17) is 9.84 Å². The Morgan fingerprint density at radius 2 is 1.79 bits per heavy atom. The number of nitrogens with one attached hydrogen (secondary N) is 2. The lowest BCUT2D eigenvalue weighted by molar-refractivity contribution is -0.176. The molecule has 43 heavy (non-hydrogen) atoms. The minimum absolute atomic E-state index is 0.0221. The van der Waals surface area contributed by atoms with Crippen LogP contribution in [0.1, 0.15) is 54.9 Å². The Labute approximate surface area is 251 Å². The average molecular weight is 594 g/mol. The molecule has 2 heterocycles. The molecule has 4 rings (SSSR count). The number of aryl methyl sites for hydroxylation is 1. The number of methoxy groups -OCH3 is 1. The van der Waals surface area contributed by atoms with Crippen molar-refractivity contribution in [1.29, 1.82) is 0 Å². The van der Waals surface area contributed by atoms with Gasteiger partial charge in [-0.25, -0.2) is 5.01 Å². The van der Waals surface area contributed by atoms with Gasteiger partial charge < -0.3 is 20.5 Å². The van der Waals surface area contributed by atoms with Crippen molar-refractivity contribution in [2.45, 2.75) is 63.6 Å². The van der Waals surface area contributed by atoms with Crippen LogP contribution in [0.2, 0.25) is 0 Å². The number of aliphatic imine (C=N–C) groups is 1. The Balaban J connectivity index is 0.000000546. The molecule has 0 radical (unpaired) electrons. The molecule has 2 saturated heterocycles. The Bertz CT molecular complexity index is 1300. The second-order valence-corrected chi connectivity index (χ2v) is 10.1. The van der Waals surface area contributed by atoms with Crippen LogP contribution < -0.4 is 15.4 Å². The third-order valence-electron chi connectivity index (χ3n) is 7.12. The fourth-order valence-electron chi connectivity index (χ4n) is 4.89. The maximum absolute atomic E-state index is 13.5. The van der Waals surface area contributed by atoms with Gasteiger partial charge in [-0.2, -0.15) is 0 Å². The van der Waals surface area contributed by atoms with Gasteiger partial charge in [0.1, 0.15) is 17.8 Å². The molecule has 0 aliphatic carbocycles. The molecule has 12 nitrogen and oxygen atoms in total. The molecule has 12 heteroatoms. The zero-order chi connectivity index (χ0) is 31.4. The maximum atomic E-state index is 13.5. The molecule has 230 valence electrons. The summed E-state index contributed by atoms with van der Waals surface area (Å²) in [6.07, 6.45) is 2.94. The molecule has 2 aromatic carbocycles. The molecule has 2 aromatic rings. The molecule has 0 unspecified atom stereocenters. The van der Waals surface area contributed by atoms with E-state index in [-0.39, 0.29) is 38.1 Å². The third-order valence-corrected chi connectivity index (χ3v) is 7.12. The number of hydrogen-bond acceptors (Lipinski definition) is 7. The minimum atomic E-state index is -1.12. The van der Waals surface area contributed by atoms with Crippen LogP contribution in [0.4, 0.5) is 0 Å². The van der Waals surface area contributed by atoms with Gasteiger partial charge in [-0.15, -0.1) is 0 Å². The van der Waals surface area contributed by atoms with Crippen molar-refractivity contribution in [3.05, 3.63) is 65.7 Å². The normalized spacial score (nSPS) is 19.0. The molecule has 2 aliphatic rings. The van der Waals surface area contributed by atoms with Crippen LogP contribution in [0, 0.1) is 0 Å². The van der Waals surface area contributed by atoms with E-state index in [0.717, 1.165) is 11.4 Å². The number of hydrogen-bond donors (Lipinski definition) is 3. The van der Waals surface area contributed by atoms with Gasteiger partial charge in [0.25, 0.3) is 11.8 Å². The topological polar surface area (TPSA) is 158 Å². The van der Waals surface area contributed by atoms with Crippen LogP contribution in [-0.4, -0.2) is 89.8 Å². The van der Waals surface area contributed by atoms with E-state index in [0.29, 0.717) is 17.7 Å². The highest BCUT2D eigenvalue weighted by Crippen LogP contribution is 2.25. The first-order chi connectivity index (χ1) is 20.7. The Morgan fingerprint density at radius 1 is 1.09 bits per heavy atom. The van der Waals surface area contributed by atoms with Crippen molar-refractivity contribution in [2.75, 3.05) is 20.7 Å². The van der Waals surface area contributed by atoms with Gasteiger partial charge >= 0.3 is 5.97 Å². The van der Waals surface area contributed by atoms with Gasteiger partial charge in [0.05, 0.1) is 19.6 Å². The molecule has 2 fully saturated rings. The molecular formula is C31H39N5O7. The number of hydrazine groups is 1. The number of benzene rings is 2. The summed E-state index contributed by atoms with van der Waals surface area (Å²) in [6, 6.07) is 13.9. The molecule has 0 bridgehead atoms. The number of amides is 4. The van der Waals surface area contributed by atoms with Gasteiger partial charge in [0, 0.05) is 31.8 Å². The molecule has 3 atom stereocenters. The molecular weight excluding hydrogens is 554 g/mol. The Morgan fingerprint density at radius 3 is 2.37 bits per heavy atom. The maximum Gasteiger partial charge on any atom is 0.305 e. The number of carboxylic acids is 1. The summed E-state index contributed by atoms with van der Waals surface area (Å²) >= 11 is 0. The Hall–Kier alpha value is -4.74. The molecule has 2 aliphatic heterocycles. The summed E-state index contributed by atoms with van der Waals surface area (Å²) in [5, 5.41) is 16.8. The highest BCUT2D eigenvalue weighted by atomic mass is 16.5. The van der Waals surface area contributed by atoms with E-state index in [2.05, 4.69) is 46.8 Å². The first-order valence-corrected chi connectivity index (χ1v) is 14.2. The van der Waals surface area contributed by atoms with Crippen molar-refractivity contribution in [3.8, 4) is 5.75 Å². The fourth-order valence-corrected chi connectivity index (χ4v) is 4.89. The third kappa shape index (κ3) is 9.12. The zero-order valence-electron chi connectivity index (χ0n) is 24.7. The number of rotatable bonds is 9. The summed E-state index contributed by atoms with van der Waals surface area (Å²) in [4.78, 5) is 67.1. The van der Waals surface area contributed by atoms with E-state index in [1.165, 1.54) is 30.9 Å². The second kappa shape index (κ2) is 16.0. The quantitative estimate of drug-likeness (QED) is 0.376. The van der Waals surface area contributed by atoms with Crippen LogP contribution >= 0.6 is 0 Å². The highest BCUT2D eigenvalue weighted by molar-refractivity contribution is 6.00. The van der Waals surface area contributed by atoms with Gasteiger partial charge in [-0.3, -0.25) is 34.0 Å². The number of carbonyl (C=O) groups excluding carboxylic acids is 4. The van der Waals surface area contributed by atoms with Crippen LogP contribution in [0.5, 0.6) is 5.75 Å². The smallest absolute Gasteiger partial charge is 0.305 e. The molecule has 3 N–H and O–H groups in total. The van der Waals surface area contributed by atoms with Crippen molar-refractivity contribution >= 4 is 35.8 Å². The van der Waals surface area contributed by atoms with Gasteiger partial charge in [0.2, 0.25) is 11.8 Å². The van der Waals surface area contributed by atoms with E-state index < -0.39 is 41.8 Å². The monoisotopic (exact) mass is 593 g/mol. The number of nitrogens with zero attached hydrogens (tertiary/aromatic N) is 3. The van der Waals surface area contributed by atoms with Crippen molar-refractivity contribution in [2.24, 2.45) is 4.99 Å². The number of aliphatic carboxylic acids is 1. The fraction of sp³-hybridized carbons (Fsp3) is 0.419. The van der Waals surface area contributed by atoms with Crippen molar-refractivity contribution < 1.29 is 33.8 Å². The van der Waals surface area contributed by atoms with Crippen LogP contribution in [0.15, 0.2) is 59.6 Å². The predicted octanol–water partition coefficient (Wildman–Crippen LogP) is 2.23. The minimum Gasteiger partial charge on any atom is -0.497 e. The summed E-state index contributed by atoms with van der Waals surface area (Å²) in [6.45, 7) is 2.43. The van der Waals surface area contributed by atoms with Crippen molar-refractivity contribution in [1.82, 2.24) is 20.7 Å². The standard InChI is InChI=1S/C23H29N5O7.C8H10/c1-24-13-15(12-20(30)31)25-22(33)18-4-3-11-27-19(29)10-9-17(23(34)28(18)27)26-21(32)14-5-7-16(35-2)8-6-14;1-2-8-6-4-3-5-7-8/h5-8,13,15,17-18H,3-4,9-12H2,1-2H3,(H,25,33)(H,26,32)(H,30,31);3-7H,2H2,1H3/t15-,17-,18-;/m0./s1. The number of carboxylic acid groups (broad SMARTS) is 1. The zero-order valence-corrected chi connectivity index (χ0v) is 24.7. The summed E-state index contributed by atoms with van der Waals surface area (Å²) in [7, 11) is 2.96. The van der Waals surface area contributed by atoms with Gasteiger partial charge in [-0.1, -0.05) is 37.3 Å². The first-order valence-electron chi connectivity index (χ1n) is 14.2. The molecule has 0 saturated carbocycles. The van der Waals surface area contributed by atoms with E-state index >= 15 is 0 Å².